The van der Waals surface area contributed by atoms with Gasteiger partial charge in [-0.05, 0) is 43.2 Å². The van der Waals surface area contributed by atoms with E-state index in [1.165, 1.54) is 6.33 Å². The number of amides is 2. The highest BCUT2D eigenvalue weighted by Crippen LogP contribution is 2.20. The number of rotatable bonds is 7. The van der Waals surface area contributed by atoms with Gasteiger partial charge in [0.05, 0.1) is 22.8 Å². The molecule has 30 heavy (non-hydrogen) atoms. The van der Waals surface area contributed by atoms with Crippen LogP contribution >= 0.6 is 0 Å². The van der Waals surface area contributed by atoms with Crippen molar-refractivity contribution in [3.63, 3.8) is 0 Å². The Bertz CT molecular complexity index is 1070. The highest BCUT2D eigenvalue weighted by atomic mass is 16.2. The van der Waals surface area contributed by atoms with Gasteiger partial charge in [-0.2, -0.15) is 5.10 Å². The molecule has 154 valence electrons. The standard InChI is InChI=1S/C22H25N7O/c1-16(17-9-11-18(12-10-17)29-15-23-14-25-29)28(2)22(30)24-13-5-8-21-26-19-6-3-4-7-20(19)27-21/h3-4,6-7,9-12,14-16H,5,8,13H2,1-2H3,(H,24,30)(H,26,27). The normalized spacial score (nSPS) is 12.1. The smallest absolute Gasteiger partial charge is 0.317 e. The van der Waals surface area contributed by atoms with Crippen LogP contribution in [0.25, 0.3) is 16.7 Å². The predicted octanol–water partition coefficient (Wildman–Crippen LogP) is 3.48. The molecule has 0 radical (unpaired) electrons. The largest absolute Gasteiger partial charge is 0.342 e. The molecule has 2 heterocycles. The number of benzene rings is 2. The molecule has 0 bridgehead atoms. The Morgan fingerprint density at radius 1 is 1.20 bits per heavy atom. The number of aromatic nitrogens is 5. The molecule has 2 aromatic heterocycles. The molecular formula is C22H25N7O. The van der Waals surface area contributed by atoms with E-state index >= 15 is 0 Å². The van der Waals surface area contributed by atoms with E-state index in [0.29, 0.717) is 6.54 Å². The van der Waals surface area contributed by atoms with Gasteiger partial charge in [-0.1, -0.05) is 24.3 Å². The number of H-pyrrole nitrogens is 1. The van der Waals surface area contributed by atoms with Gasteiger partial charge < -0.3 is 15.2 Å². The molecule has 4 rings (SSSR count). The van der Waals surface area contributed by atoms with Gasteiger partial charge in [-0.3, -0.25) is 0 Å². The second-order valence-electron chi connectivity index (χ2n) is 7.25. The average molecular weight is 403 g/mol. The number of fused-ring (bicyclic) bond motifs is 1. The Morgan fingerprint density at radius 2 is 2.00 bits per heavy atom. The van der Waals surface area contributed by atoms with Crippen molar-refractivity contribution in [2.75, 3.05) is 13.6 Å². The van der Waals surface area contributed by atoms with Crippen LogP contribution < -0.4 is 5.32 Å². The minimum atomic E-state index is -0.0903. The molecule has 8 nitrogen and oxygen atoms in total. The lowest BCUT2D eigenvalue weighted by atomic mass is 10.1. The lowest BCUT2D eigenvalue weighted by molar-refractivity contribution is 0.194. The second kappa shape index (κ2) is 8.77. The summed E-state index contributed by atoms with van der Waals surface area (Å²) < 4.78 is 1.70. The molecule has 0 saturated carbocycles. The van der Waals surface area contributed by atoms with Gasteiger partial charge in [-0.25, -0.2) is 19.4 Å². The van der Waals surface area contributed by atoms with Gasteiger partial charge in [0.15, 0.2) is 0 Å². The minimum absolute atomic E-state index is 0.0508. The zero-order valence-electron chi connectivity index (χ0n) is 17.1. The summed E-state index contributed by atoms with van der Waals surface area (Å²) >= 11 is 0. The molecule has 1 unspecified atom stereocenters. The van der Waals surface area contributed by atoms with Crippen LogP contribution in [0.1, 0.15) is 30.8 Å². The van der Waals surface area contributed by atoms with Crippen LogP contribution in [0.15, 0.2) is 61.2 Å². The summed E-state index contributed by atoms with van der Waals surface area (Å²) in [5.41, 5.74) is 4.00. The molecule has 4 aromatic rings. The summed E-state index contributed by atoms with van der Waals surface area (Å²) in [7, 11) is 1.81. The van der Waals surface area contributed by atoms with Crippen molar-refractivity contribution in [1.29, 1.82) is 0 Å². The molecule has 1 atom stereocenters. The van der Waals surface area contributed by atoms with Gasteiger partial charge in [0.25, 0.3) is 0 Å². The van der Waals surface area contributed by atoms with E-state index in [9.17, 15) is 4.79 Å². The van der Waals surface area contributed by atoms with Crippen molar-refractivity contribution in [1.82, 2.24) is 34.9 Å². The highest BCUT2D eigenvalue weighted by Gasteiger charge is 2.17. The van der Waals surface area contributed by atoms with Crippen molar-refractivity contribution in [3.05, 3.63) is 72.6 Å². The minimum Gasteiger partial charge on any atom is -0.342 e. The maximum absolute atomic E-state index is 12.5. The maximum Gasteiger partial charge on any atom is 0.317 e. The molecule has 0 spiro atoms. The fourth-order valence-electron chi connectivity index (χ4n) is 3.35. The molecule has 2 amide bonds. The molecule has 0 saturated heterocycles. The molecule has 0 aliphatic carbocycles. The summed E-state index contributed by atoms with van der Waals surface area (Å²) in [6.45, 7) is 2.61. The van der Waals surface area contributed by atoms with Gasteiger partial charge in [0.2, 0.25) is 0 Å². The van der Waals surface area contributed by atoms with Gasteiger partial charge in [-0.15, -0.1) is 0 Å². The summed E-state index contributed by atoms with van der Waals surface area (Å²) in [5, 5.41) is 7.12. The second-order valence-corrected chi connectivity index (χ2v) is 7.25. The molecule has 2 N–H and O–H groups in total. The van der Waals surface area contributed by atoms with Crippen LogP contribution in [0.4, 0.5) is 4.79 Å². The third kappa shape index (κ3) is 4.32. The van der Waals surface area contributed by atoms with Crippen LogP contribution in [0.5, 0.6) is 0 Å². The zero-order chi connectivity index (χ0) is 20.9. The molecule has 0 fully saturated rings. The topological polar surface area (TPSA) is 91.7 Å². The third-order valence-electron chi connectivity index (χ3n) is 5.27. The van der Waals surface area contributed by atoms with E-state index in [2.05, 4.69) is 25.4 Å². The first-order valence-corrected chi connectivity index (χ1v) is 10.0. The predicted molar refractivity (Wildman–Crippen MR) is 115 cm³/mol. The Balaban J connectivity index is 1.26. The number of carbonyl (C=O) groups is 1. The number of para-hydroxylation sites is 2. The number of urea groups is 1. The molecule has 8 heteroatoms. The number of nitrogens with one attached hydrogen (secondary N) is 2. The van der Waals surface area contributed by atoms with Crippen LogP contribution in [0.2, 0.25) is 0 Å². The van der Waals surface area contributed by atoms with Gasteiger partial charge in [0.1, 0.15) is 18.5 Å². The Labute approximate surface area is 175 Å². The lowest BCUT2D eigenvalue weighted by Crippen LogP contribution is -2.39. The van der Waals surface area contributed by atoms with Crippen molar-refractivity contribution >= 4 is 17.1 Å². The van der Waals surface area contributed by atoms with Crippen molar-refractivity contribution < 1.29 is 4.79 Å². The fourth-order valence-corrected chi connectivity index (χ4v) is 3.35. The van der Waals surface area contributed by atoms with Gasteiger partial charge >= 0.3 is 6.03 Å². The first-order valence-electron chi connectivity index (χ1n) is 10.0. The summed E-state index contributed by atoms with van der Waals surface area (Å²) in [4.78, 5) is 26.1. The number of nitrogens with zero attached hydrogens (tertiary/aromatic N) is 5. The average Bonchev–Trinajstić information content (AvgIpc) is 3.45. The van der Waals surface area contributed by atoms with Gasteiger partial charge in [0, 0.05) is 20.0 Å². The first kappa shape index (κ1) is 19.6. The highest BCUT2D eigenvalue weighted by molar-refractivity contribution is 5.75. The SMILES string of the molecule is CC(c1ccc(-n2cncn2)cc1)N(C)C(=O)NCCCc1nc2ccccc2[nH]1. The monoisotopic (exact) mass is 403 g/mol. The van der Waals surface area contributed by atoms with E-state index < -0.39 is 0 Å². The molecule has 2 aromatic carbocycles. The van der Waals surface area contributed by atoms with Crippen molar-refractivity contribution in [2.45, 2.75) is 25.8 Å². The summed E-state index contributed by atoms with van der Waals surface area (Å²) in [6, 6.07) is 15.8. The summed E-state index contributed by atoms with van der Waals surface area (Å²) in [6.07, 6.45) is 4.77. The Hall–Kier alpha value is -3.68. The first-order chi connectivity index (χ1) is 14.6. The van der Waals surface area contributed by atoms with Crippen LogP contribution in [0.3, 0.4) is 0 Å². The lowest BCUT2D eigenvalue weighted by Gasteiger charge is -2.25. The van der Waals surface area contributed by atoms with E-state index in [4.69, 9.17) is 0 Å². The maximum atomic E-state index is 12.5. The zero-order valence-corrected chi connectivity index (χ0v) is 17.1. The number of aromatic amines is 1. The number of aryl methyl sites for hydroxylation is 1. The van der Waals surface area contributed by atoms with Crippen LogP contribution in [0, 0.1) is 0 Å². The van der Waals surface area contributed by atoms with Crippen molar-refractivity contribution in [3.8, 4) is 5.69 Å². The molecule has 0 aliphatic heterocycles. The van der Waals surface area contributed by atoms with E-state index in [-0.39, 0.29) is 12.1 Å². The van der Waals surface area contributed by atoms with Crippen LogP contribution in [-0.4, -0.2) is 49.3 Å². The summed E-state index contributed by atoms with van der Waals surface area (Å²) in [5.74, 6) is 0.944. The Kier molecular flexibility index (Phi) is 5.74. The van der Waals surface area contributed by atoms with E-state index in [1.807, 2.05) is 62.5 Å². The van der Waals surface area contributed by atoms with E-state index in [1.54, 1.807) is 15.9 Å². The number of imidazole rings is 1. The fraction of sp³-hybridized carbons (Fsp3) is 0.273. The van der Waals surface area contributed by atoms with E-state index in [0.717, 1.165) is 41.0 Å². The number of hydrogen-bond donors (Lipinski definition) is 2. The molecular weight excluding hydrogens is 378 g/mol. The number of carbonyl (C=O) groups excluding carboxylic acids is 1. The Morgan fingerprint density at radius 3 is 2.73 bits per heavy atom. The van der Waals surface area contributed by atoms with Crippen LogP contribution in [-0.2, 0) is 6.42 Å². The number of hydrogen-bond acceptors (Lipinski definition) is 4. The van der Waals surface area contributed by atoms with Crippen molar-refractivity contribution in [2.24, 2.45) is 0 Å². The quantitative estimate of drug-likeness (QED) is 0.462. The third-order valence-corrected chi connectivity index (χ3v) is 5.27. The molecule has 0 aliphatic rings.